The molecule has 0 bridgehead atoms. The minimum absolute atomic E-state index is 0.0174. The summed E-state index contributed by atoms with van der Waals surface area (Å²) in [5.41, 5.74) is -3.80. The van der Waals surface area contributed by atoms with Gasteiger partial charge in [-0.05, 0) is 67.8 Å². The van der Waals surface area contributed by atoms with Crippen LogP contribution in [0.1, 0.15) is 85.8 Å². The van der Waals surface area contributed by atoms with Gasteiger partial charge in [0, 0.05) is 68.1 Å². The van der Waals surface area contributed by atoms with E-state index in [0.717, 1.165) is 9.13 Å². The number of benzene rings is 1. The molecule has 44 heteroatoms. The van der Waals surface area contributed by atoms with Crippen molar-refractivity contribution in [2.24, 2.45) is 11.8 Å². The predicted molar refractivity (Wildman–Crippen MR) is 377 cm³/mol. The van der Waals surface area contributed by atoms with Crippen molar-refractivity contribution in [1.29, 1.82) is 0 Å². The highest BCUT2D eigenvalue weighted by molar-refractivity contribution is 7.54. The Morgan fingerprint density at radius 3 is 1.40 bits per heavy atom. The van der Waals surface area contributed by atoms with Gasteiger partial charge in [-0.15, -0.1) is 0 Å². The Morgan fingerprint density at radius 1 is 0.543 bits per heavy atom. The smallest absolute Gasteiger partial charge is 0.345 e. The van der Waals surface area contributed by atoms with Gasteiger partial charge in [-0.1, -0.05) is 45.9 Å². The van der Waals surface area contributed by atoms with Crippen LogP contribution in [0, 0.1) is 25.7 Å². The fourth-order valence-electron chi connectivity index (χ4n) is 12.2. The Labute approximate surface area is 598 Å². The molecule has 4 aliphatic heterocycles. The summed E-state index contributed by atoms with van der Waals surface area (Å²) in [6.45, 7) is 6.96. The van der Waals surface area contributed by atoms with Crippen molar-refractivity contribution in [2.45, 2.75) is 90.9 Å². The van der Waals surface area contributed by atoms with Crippen LogP contribution in [0.2, 0.25) is 0 Å². The number of fused-ring (bicyclic) bond motifs is 2. The van der Waals surface area contributed by atoms with Gasteiger partial charge in [0.2, 0.25) is 23.7 Å². The first-order chi connectivity index (χ1) is 49.7. The third-order valence-corrected chi connectivity index (χ3v) is 25.5. The molecule has 11 rings (SSSR count). The van der Waals surface area contributed by atoms with Gasteiger partial charge < -0.3 is 42.6 Å². The van der Waals surface area contributed by atoms with Crippen LogP contribution in [0.25, 0.3) is 22.3 Å². The van der Waals surface area contributed by atoms with E-state index < -0.39 is 143 Å². The number of morpholine rings is 4. The molecule has 4 fully saturated rings. The molecule has 7 N–H and O–H groups in total. The quantitative estimate of drug-likeness (QED) is 0.0315. The minimum Gasteiger partial charge on any atom is -0.465 e. The Morgan fingerprint density at radius 2 is 0.952 bits per heavy atom. The molecule has 4 aliphatic rings. The van der Waals surface area contributed by atoms with Gasteiger partial charge in [0.05, 0.1) is 89.2 Å². The molecule has 0 unspecified atom stereocenters. The molecule has 10 heterocycles. The van der Waals surface area contributed by atoms with Gasteiger partial charge in [-0.2, -0.15) is 9.97 Å². The highest BCUT2D eigenvalue weighted by atomic mass is 31.2. The van der Waals surface area contributed by atoms with Crippen LogP contribution >= 0.6 is 23.0 Å². The van der Waals surface area contributed by atoms with E-state index in [0.29, 0.717) is 5.56 Å². The molecule has 1 aromatic carbocycles. The molecule has 7 aromatic rings. The first-order valence-electron chi connectivity index (χ1n) is 33.4. The van der Waals surface area contributed by atoms with Crippen molar-refractivity contribution in [3.63, 3.8) is 0 Å². The summed E-state index contributed by atoms with van der Waals surface area (Å²) in [6, 6.07) is 6.42. The fourth-order valence-corrected chi connectivity index (χ4v) is 18.1. The molecule has 0 radical (unpaired) electrons. The summed E-state index contributed by atoms with van der Waals surface area (Å²) in [7, 11) is -2.88. The third-order valence-electron chi connectivity index (χ3n) is 17.9. The summed E-state index contributed by atoms with van der Waals surface area (Å²) in [6.07, 6.45) is -3.83. The van der Waals surface area contributed by atoms with Crippen molar-refractivity contribution >= 4 is 75.0 Å². The molecular weight excluding hydrogens is 1440 g/mol. The lowest BCUT2D eigenvalue weighted by atomic mass is 10.0. The number of hydrogen-bond acceptors (Lipinski definition) is 25. The van der Waals surface area contributed by atoms with E-state index in [2.05, 4.69) is 55.8 Å². The van der Waals surface area contributed by atoms with Gasteiger partial charge in [0.25, 0.3) is 22.2 Å². The number of amides is 2. The largest absolute Gasteiger partial charge is 0.465 e. The zero-order chi connectivity index (χ0) is 75.9. The number of rotatable bonds is 25. The number of anilines is 2. The average Bonchev–Trinajstić information content (AvgIpc) is 1.77. The lowest BCUT2D eigenvalue weighted by Crippen LogP contribution is -2.51. The van der Waals surface area contributed by atoms with Crippen LogP contribution in [-0.4, -0.2) is 244 Å². The van der Waals surface area contributed by atoms with Gasteiger partial charge in [-0.25, -0.2) is 52.4 Å². The highest BCUT2D eigenvalue weighted by Crippen LogP contribution is 2.59. The van der Waals surface area contributed by atoms with Crippen molar-refractivity contribution in [1.82, 2.24) is 91.5 Å². The molecule has 11 atom stereocenters. The molecule has 0 aliphatic carbocycles. The highest BCUT2D eigenvalue weighted by Gasteiger charge is 2.49. The number of aromatic nitrogens is 12. The van der Waals surface area contributed by atoms with Crippen LogP contribution in [0.4, 0.5) is 11.9 Å². The van der Waals surface area contributed by atoms with Gasteiger partial charge in [0.1, 0.15) is 12.5 Å². The summed E-state index contributed by atoms with van der Waals surface area (Å²) in [5, 5.41) is 8.48. The van der Waals surface area contributed by atoms with Crippen LogP contribution in [-0.2, 0) is 60.5 Å². The topological polar surface area (TPSA) is 469 Å². The van der Waals surface area contributed by atoms with Crippen molar-refractivity contribution < 1.29 is 65.3 Å². The van der Waals surface area contributed by atoms with Gasteiger partial charge in [-0.3, -0.25) is 91.3 Å². The molecule has 4 saturated heterocycles. The number of imidazole rings is 2. The SMILES string of the molecule is COC(=O)c1ccccc1[C@H]1CN([P@@](=O)(OC[C@@H]2CN([P@@](=O)(OC[C@@H]3CN([P@@](=O)(OC[C@@H]4CNC[C@H](n5cnc6c(=O)[nH]c(NC(=O)C(C)C)nc65)O4)N(C)C)C[C@H](n4cc(C)c(=O)[nH]c4=O)O3)N(C)C)C[C@H](n3cnc4c(=O)[nH]c(NC(=O)C(C)C)nc43)O2)N(C)C)C[C@H](n2cc(C)c(=O)[nH]c2=O)O1. The average molecular weight is 1530 g/mol. The maximum atomic E-state index is 16.3. The normalized spacial score (nSPS) is 23.4. The van der Waals surface area contributed by atoms with E-state index in [-0.39, 0.29) is 116 Å². The van der Waals surface area contributed by atoms with Crippen molar-refractivity contribution in [3.8, 4) is 0 Å². The summed E-state index contributed by atoms with van der Waals surface area (Å²) in [5.74, 6) is -2.82. The number of aryl methyl sites for hydroxylation is 2. The lowest BCUT2D eigenvalue weighted by molar-refractivity contribution is -0.129. The minimum atomic E-state index is -4.47. The number of nitrogens with one attached hydrogen (secondary N) is 7. The predicted octanol–water partition coefficient (Wildman–Crippen LogP) is 1.46. The number of ether oxygens (including phenoxy) is 5. The second kappa shape index (κ2) is 31.7. The molecule has 0 saturated carbocycles. The number of carbonyl (C=O) groups excluding carboxylic acids is 3. The number of H-pyrrole nitrogens is 4. The Balaban J connectivity index is 0.901. The summed E-state index contributed by atoms with van der Waals surface area (Å²) >= 11 is 0. The number of nitrogens with zero attached hydrogens (tertiary/aromatic N) is 14. The van der Waals surface area contributed by atoms with E-state index in [1.54, 1.807) is 45.9 Å². The molecule has 6 aromatic heterocycles. The molecule has 105 heavy (non-hydrogen) atoms. The Kier molecular flexibility index (Phi) is 23.5. The maximum Gasteiger partial charge on any atom is 0.345 e. The maximum absolute atomic E-state index is 16.3. The molecule has 2 amide bonds. The van der Waals surface area contributed by atoms with Crippen LogP contribution in [0.5, 0.6) is 0 Å². The number of hydrogen-bond donors (Lipinski definition) is 7. The molecule has 570 valence electrons. The molecular formula is C61H86N21O20P3. The van der Waals surface area contributed by atoms with Crippen molar-refractivity contribution in [3.05, 3.63) is 134 Å². The number of methoxy groups -OCH3 is 1. The lowest BCUT2D eigenvalue weighted by Gasteiger charge is -2.46. The Hall–Kier alpha value is -8.18. The van der Waals surface area contributed by atoms with E-state index >= 15 is 13.7 Å². The second-order valence-corrected chi connectivity index (χ2v) is 34.5. The zero-order valence-corrected chi connectivity index (χ0v) is 62.6. The zero-order valence-electron chi connectivity index (χ0n) is 59.9. The van der Waals surface area contributed by atoms with Gasteiger partial charge >= 0.3 is 40.4 Å². The van der Waals surface area contributed by atoms with Crippen LogP contribution < -0.4 is 49.6 Å². The number of aromatic amines is 4. The van der Waals surface area contributed by atoms with E-state index in [1.807, 2.05) is 0 Å². The summed E-state index contributed by atoms with van der Waals surface area (Å²) in [4.78, 5) is 146. The van der Waals surface area contributed by atoms with Crippen LogP contribution in [0.3, 0.4) is 0 Å². The molecule has 0 spiro atoms. The fraction of sp³-hybridized carbons (Fsp3) is 0.557. The monoisotopic (exact) mass is 1530 g/mol. The van der Waals surface area contributed by atoms with E-state index in [1.165, 1.54) is 132 Å². The third kappa shape index (κ3) is 16.4. The standard InChI is InChI=1S/C61H86N21O20P3/c1-33(2)51(83)67-58-65-49-47(55(87)69-58)63-31-81(49)43-19-62-18-37(99-43)28-96-103(92,73(7)8)76-22-38(100-44(25-76)79-20-35(5)53(85)71-60(79)90)29-97-104(93,74(9)10)77-23-39(101-46(27-77)82-32-64-48-50(82)66-59(70-56(48)88)68-52(84)34(3)4)30-98-105(94,75(11)12)78-24-42(40-16-14-15-17-41(40)57(89)95-13)102-45(26-78)80-21-36(6)54(86)72-61(80)91/h14-17,20-21,31-34,37-39,42-46,62H,18-19,22-30H2,1-13H3,(H,71,85,90)(H,72,86,91)(H2,65,67,69,83,87)(H2,66,68,70,84,88)/t37-,38-,39-,42+,43+,44+,45+,46+,103-,104-,105-/m0/s1. The Bertz CT molecular complexity index is 4950. The van der Waals surface area contributed by atoms with E-state index in [9.17, 15) is 43.2 Å². The molecule has 41 nitrogen and oxygen atoms in total. The number of carbonyl (C=O) groups is 3. The van der Waals surface area contributed by atoms with Gasteiger partial charge in [0.15, 0.2) is 34.8 Å². The van der Waals surface area contributed by atoms with Crippen LogP contribution in [0.15, 0.2) is 78.1 Å². The summed E-state index contributed by atoms with van der Waals surface area (Å²) < 4.78 is 113. The first-order valence-corrected chi connectivity index (χ1v) is 38.0. The first kappa shape index (κ1) is 77.9. The van der Waals surface area contributed by atoms with Crippen molar-refractivity contribution in [2.75, 3.05) is 132 Å². The van der Waals surface area contributed by atoms with E-state index in [4.69, 9.17) is 37.3 Å². The number of esters is 1. The second-order valence-electron chi connectivity index (χ2n) is 26.7.